The second kappa shape index (κ2) is 3.12. The molecule has 4 heteroatoms. The number of phenols is 1. The SMILES string of the molecule is COc1ccc(NN)c(O)c1. The average molecular weight is 154 g/mol. The molecule has 0 bridgehead atoms. The van der Waals surface area contributed by atoms with Crippen LogP contribution >= 0.6 is 0 Å². The van der Waals surface area contributed by atoms with Crippen molar-refractivity contribution in [2.75, 3.05) is 12.5 Å². The zero-order valence-electron chi connectivity index (χ0n) is 6.16. The minimum absolute atomic E-state index is 0.0758. The molecule has 0 radical (unpaired) electrons. The number of phenolic OH excluding ortho intramolecular Hbond substituents is 1. The van der Waals surface area contributed by atoms with Crippen molar-refractivity contribution >= 4 is 5.69 Å². The number of benzene rings is 1. The first kappa shape index (κ1) is 7.68. The zero-order chi connectivity index (χ0) is 8.27. The van der Waals surface area contributed by atoms with E-state index in [1.165, 1.54) is 13.2 Å². The number of nitrogen functional groups attached to an aromatic ring is 1. The lowest BCUT2D eigenvalue weighted by molar-refractivity contribution is 0.408. The second-order valence-electron chi connectivity index (χ2n) is 2.03. The number of hydrazine groups is 1. The van der Waals surface area contributed by atoms with Crippen LogP contribution < -0.4 is 16.0 Å². The summed E-state index contributed by atoms with van der Waals surface area (Å²) in [5.41, 5.74) is 2.82. The van der Waals surface area contributed by atoms with Gasteiger partial charge in [0.25, 0.3) is 0 Å². The number of aromatic hydroxyl groups is 1. The molecule has 0 saturated heterocycles. The molecule has 60 valence electrons. The van der Waals surface area contributed by atoms with Gasteiger partial charge in [-0.2, -0.15) is 0 Å². The molecule has 1 aromatic carbocycles. The number of anilines is 1. The normalized spacial score (nSPS) is 9.27. The van der Waals surface area contributed by atoms with E-state index >= 15 is 0 Å². The van der Waals surface area contributed by atoms with Crippen LogP contribution in [0.15, 0.2) is 18.2 Å². The third-order valence-corrected chi connectivity index (χ3v) is 1.36. The largest absolute Gasteiger partial charge is 0.506 e. The fraction of sp³-hybridized carbons (Fsp3) is 0.143. The van der Waals surface area contributed by atoms with Gasteiger partial charge in [-0.1, -0.05) is 0 Å². The number of nitrogens with two attached hydrogens (primary N) is 1. The molecular weight excluding hydrogens is 144 g/mol. The molecule has 0 aromatic heterocycles. The molecule has 0 atom stereocenters. The maximum absolute atomic E-state index is 9.20. The molecule has 4 nitrogen and oxygen atoms in total. The van der Waals surface area contributed by atoms with Gasteiger partial charge in [-0.05, 0) is 12.1 Å². The van der Waals surface area contributed by atoms with Crippen LogP contribution in [-0.2, 0) is 0 Å². The molecule has 0 fully saturated rings. The second-order valence-corrected chi connectivity index (χ2v) is 2.03. The maximum atomic E-state index is 9.20. The van der Waals surface area contributed by atoms with Gasteiger partial charge in [-0.3, -0.25) is 5.84 Å². The predicted molar refractivity (Wildman–Crippen MR) is 42.5 cm³/mol. The standard InChI is InChI=1S/C7H10N2O2/c1-11-5-2-3-6(9-8)7(10)4-5/h2-4,9-10H,8H2,1H3. The van der Waals surface area contributed by atoms with E-state index in [0.29, 0.717) is 11.4 Å². The number of hydrogen-bond donors (Lipinski definition) is 3. The van der Waals surface area contributed by atoms with Crippen molar-refractivity contribution in [3.05, 3.63) is 18.2 Å². The molecule has 1 rings (SSSR count). The van der Waals surface area contributed by atoms with E-state index < -0.39 is 0 Å². The Morgan fingerprint density at radius 2 is 2.27 bits per heavy atom. The Labute approximate surface area is 64.6 Å². The summed E-state index contributed by atoms with van der Waals surface area (Å²) in [5.74, 6) is 5.77. The topological polar surface area (TPSA) is 67.5 Å². The van der Waals surface area contributed by atoms with E-state index in [9.17, 15) is 5.11 Å². The van der Waals surface area contributed by atoms with Gasteiger partial charge in [0.05, 0.1) is 12.8 Å². The monoisotopic (exact) mass is 154 g/mol. The van der Waals surface area contributed by atoms with Crippen LogP contribution in [0.3, 0.4) is 0 Å². The summed E-state index contributed by atoms with van der Waals surface area (Å²) in [7, 11) is 1.53. The van der Waals surface area contributed by atoms with Crippen molar-refractivity contribution in [3.8, 4) is 11.5 Å². The highest BCUT2D eigenvalue weighted by molar-refractivity contribution is 5.57. The Bertz CT molecular complexity index is 250. The lowest BCUT2D eigenvalue weighted by Crippen LogP contribution is -2.06. The molecule has 0 heterocycles. The summed E-state index contributed by atoms with van der Waals surface area (Å²) in [4.78, 5) is 0. The van der Waals surface area contributed by atoms with Crippen LogP contribution in [0, 0.1) is 0 Å². The zero-order valence-corrected chi connectivity index (χ0v) is 6.16. The molecule has 0 saturated carbocycles. The Morgan fingerprint density at radius 1 is 1.55 bits per heavy atom. The molecule has 0 amide bonds. The molecular formula is C7H10N2O2. The fourth-order valence-electron chi connectivity index (χ4n) is 0.760. The van der Waals surface area contributed by atoms with Gasteiger partial charge < -0.3 is 15.3 Å². The van der Waals surface area contributed by atoms with Crippen molar-refractivity contribution in [2.45, 2.75) is 0 Å². The number of rotatable bonds is 2. The van der Waals surface area contributed by atoms with Crippen LogP contribution in [0.1, 0.15) is 0 Å². The summed E-state index contributed by atoms with van der Waals surface area (Å²) in [6, 6.07) is 4.82. The van der Waals surface area contributed by atoms with Crippen LogP contribution in [0.25, 0.3) is 0 Å². The molecule has 0 aliphatic rings. The molecule has 0 aliphatic carbocycles. The van der Waals surface area contributed by atoms with E-state index in [1.807, 2.05) is 0 Å². The highest BCUT2D eigenvalue weighted by Crippen LogP contribution is 2.26. The number of nitrogens with one attached hydrogen (secondary N) is 1. The van der Waals surface area contributed by atoms with Crippen LogP contribution in [0.5, 0.6) is 11.5 Å². The van der Waals surface area contributed by atoms with Gasteiger partial charge in [0.15, 0.2) is 0 Å². The Morgan fingerprint density at radius 3 is 2.73 bits per heavy atom. The van der Waals surface area contributed by atoms with Crippen LogP contribution in [0.2, 0.25) is 0 Å². The van der Waals surface area contributed by atoms with Crippen LogP contribution in [0.4, 0.5) is 5.69 Å². The van der Waals surface area contributed by atoms with Crippen molar-refractivity contribution < 1.29 is 9.84 Å². The number of ether oxygens (including phenoxy) is 1. The predicted octanol–water partition coefficient (Wildman–Crippen LogP) is 0.686. The smallest absolute Gasteiger partial charge is 0.143 e. The van der Waals surface area contributed by atoms with E-state index in [4.69, 9.17) is 10.6 Å². The molecule has 0 unspecified atom stereocenters. The molecule has 0 spiro atoms. The first-order valence-corrected chi connectivity index (χ1v) is 3.11. The molecule has 0 aliphatic heterocycles. The first-order valence-electron chi connectivity index (χ1n) is 3.11. The summed E-state index contributed by atoms with van der Waals surface area (Å²) in [6.07, 6.45) is 0. The minimum atomic E-state index is 0.0758. The van der Waals surface area contributed by atoms with E-state index in [-0.39, 0.29) is 5.75 Å². The van der Waals surface area contributed by atoms with Crippen molar-refractivity contribution in [2.24, 2.45) is 5.84 Å². The quantitative estimate of drug-likeness (QED) is 0.333. The van der Waals surface area contributed by atoms with Crippen molar-refractivity contribution in [1.82, 2.24) is 0 Å². The summed E-state index contributed by atoms with van der Waals surface area (Å²) < 4.78 is 4.87. The van der Waals surface area contributed by atoms with Gasteiger partial charge in [-0.25, -0.2) is 0 Å². The van der Waals surface area contributed by atoms with E-state index in [1.54, 1.807) is 12.1 Å². The lowest BCUT2D eigenvalue weighted by atomic mass is 10.3. The fourth-order valence-corrected chi connectivity index (χ4v) is 0.760. The minimum Gasteiger partial charge on any atom is -0.506 e. The lowest BCUT2D eigenvalue weighted by Gasteiger charge is -2.04. The van der Waals surface area contributed by atoms with Gasteiger partial charge in [-0.15, -0.1) is 0 Å². The van der Waals surface area contributed by atoms with Crippen LogP contribution in [-0.4, -0.2) is 12.2 Å². The highest BCUT2D eigenvalue weighted by atomic mass is 16.5. The molecule has 11 heavy (non-hydrogen) atoms. The maximum Gasteiger partial charge on any atom is 0.143 e. The van der Waals surface area contributed by atoms with Crippen molar-refractivity contribution in [1.29, 1.82) is 0 Å². The summed E-state index contributed by atoms with van der Waals surface area (Å²) in [5, 5.41) is 9.20. The van der Waals surface area contributed by atoms with E-state index in [0.717, 1.165) is 0 Å². The first-order chi connectivity index (χ1) is 5.27. The summed E-state index contributed by atoms with van der Waals surface area (Å²) >= 11 is 0. The van der Waals surface area contributed by atoms with E-state index in [2.05, 4.69) is 5.43 Å². The van der Waals surface area contributed by atoms with Gasteiger partial charge in [0.1, 0.15) is 11.5 Å². The average Bonchev–Trinajstić information content (AvgIpc) is 2.04. The Kier molecular flexibility index (Phi) is 2.18. The Balaban J connectivity index is 2.99. The molecule has 1 aromatic rings. The number of methoxy groups -OCH3 is 1. The number of hydrogen-bond acceptors (Lipinski definition) is 4. The third kappa shape index (κ3) is 1.53. The Hall–Kier alpha value is -1.42. The van der Waals surface area contributed by atoms with Gasteiger partial charge >= 0.3 is 0 Å². The third-order valence-electron chi connectivity index (χ3n) is 1.36. The van der Waals surface area contributed by atoms with Gasteiger partial charge in [0.2, 0.25) is 0 Å². The molecule has 4 N–H and O–H groups in total. The van der Waals surface area contributed by atoms with Crippen molar-refractivity contribution in [3.63, 3.8) is 0 Å². The summed E-state index contributed by atoms with van der Waals surface area (Å²) in [6.45, 7) is 0. The van der Waals surface area contributed by atoms with Gasteiger partial charge in [0, 0.05) is 6.07 Å². The highest BCUT2D eigenvalue weighted by Gasteiger charge is 1.99.